The van der Waals surface area contributed by atoms with Crippen molar-refractivity contribution in [1.82, 2.24) is 9.97 Å². The minimum absolute atomic E-state index is 0.708. The molecule has 0 saturated heterocycles. The standard InChI is InChI=1S/C52H32N2S/c1-3-13-33(14-4-1)48-32-49(54-52(53-48)34-15-5-2-6-16-34)39-28-37(27-38(29-39)36-24-26-51-47(31-36)45-21-11-12-22-50(45)55-51)35-23-25-44-42-19-8-7-17-40(42)41-18-9-10-20-43(41)46(44)30-35/h1-32H. The summed E-state index contributed by atoms with van der Waals surface area (Å²) in [6.45, 7) is 0. The molecule has 0 bridgehead atoms. The first-order valence-electron chi connectivity index (χ1n) is 18.6. The van der Waals surface area contributed by atoms with Gasteiger partial charge in [0.05, 0.1) is 11.4 Å². The normalized spacial score (nSPS) is 11.6. The van der Waals surface area contributed by atoms with Gasteiger partial charge in [-0.25, -0.2) is 9.97 Å². The van der Waals surface area contributed by atoms with Gasteiger partial charge in [0.25, 0.3) is 0 Å². The Bertz CT molecular complexity index is 3160. The third-order valence-electron chi connectivity index (χ3n) is 10.8. The topological polar surface area (TPSA) is 25.8 Å². The molecule has 0 fully saturated rings. The summed E-state index contributed by atoms with van der Waals surface area (Å²) in [6.07, 6.45) is 0. The van der Waals surface area contributed by atoms with E-state index in [-0.39, 0.29) is 0 Å². The molecule has 0 aliphatic carbocycles. The molecule has 11 rings (SSSR count). The van der Waals surface area contributed by atoms with Crippen LogP contribution in [0.25, 0.3) is 109 Å². The molecule has 9 aromatic carbocycles. The van der Waals surface area contributed by atoms with Crippen LogP contribution in [-0.4, -0.2) is 9.97 Å². The van der Waals surface area contributed by atoms with E-state index in [1.54, 1.807) is 0 Å². The van der Waals surface area contributed by atoms with E-state index in [2.05, 4.69) is 170 Å². The Labute approximate surface area is 322 Å². The average molecular weight is 717 g/mol. The number of thiophene rings is 1. The number of hydrogen-bond donors (Lipinski definition) is 0. The molecule has 0 aliphatic heterocycles. The van der Waals surface area contributed by atoms with Crippen LogP contribution in [0.2, 0.25) is 0 Å². The number of fused-ring (bicyclic) bond motifs is 9. The summed E-state index contributed by atoms with van der Waals surface area (Å²) in [7, 11) is 0. The van der Waals surface area contributed by atoms with Gasteiger partial charge in [-0.05, 0) is 103 Å². The Kier molecular flexibility index (Phi) is 7.39. The van der Waals surface area contributed by atoms with Crippen molar-refractivity contribution in [2.75, 3.05) is 0 Å². The Balaban J connectivity index is 1.17. The minimum atomic E-state index is 0.708. The maximum absolute atomic E-state index is 5.27. The lowest BCUT2D eigenvalue weighted by atomic mass is 9.90. The van der Waals surface area contributed by atoms with Gasteiger partial charge in [0.1, 0.15) is 0 Å². The molecule has 0 saturated carbocycles. The second-order valence-electron chi connectivity index (χ2n) is 14.2. The number of benzene rings is 9. The van der Waals surface area contributed by atoms with Crippen molar-refractivity contribution in [3.63, 3.8) is 0 Å². The van der Waals surface area contributed by atoms with Gasteiger partial charge in [-0.3, -0.25) is 0 Å². The first-order chi connectivity index (χ1) is 27.2. The van der Waals surface area contributed by atoms with Crippen LogP contribution in [0.1, 0.15) is 0 Å². The molecular formula is C52H32N2S. The van der Waals surface area contributed by atoms with Crippen molar-refractivity contribution in [2.45, 2.75) is 0 Å². The van der Waals surface area contributed by atoms with Gasteiger partial charge >= 0.3 is 0 Å². The number of aromatic nitrogens is 2. The fraction of sp³-hybridized carbons (Fsp3) is 0. The second-order valence-corrected chi connectivity index (χ2v) is 15.2. The lowest BCUT2D eigenvalue weighted by Crippen LogP contribution is -1.96. The third kappa shape index (κ3) is 5.48. The molecule has 2 nitrogen and oxygen atoms in total. The van der Waals surface area contributed by atoms with E-state index in [1.807, 2.05) is 35.6 Å². The summed E-state index contributed by atoms with van der Waals surface area (Å²) in [5.74, 6) is 0.708. The molecule has 0 radical (unpaired) electrons. The van der Waals surface area contributed by atoms with Crippen LogP contribution in [0.5, 0.6) is 0 Å². The Morgan fingerprint density at radius 3 is 1.36 bits per heavy atom. The van der Waals surface area contributed by atoms with Crippen LogP contribution in [0.15, 0.2) is 194 Å². The van der Waals surface area contributed by atoms with E-state index < -0.39 is 0 Å². The van der Waals surface area contributed by atoms with Crippen molar-refractivity contribution < 1.29 is 0 Å². The van der Waals surface area contributed by atoms with Gasteiger partial charge in [-0.2, -0.15) is 0 Å². The highest BCUT2D eigenvalue weighted by atomic mass is 32.1. The van der Waals surface area contributed by atoms with E-state index in [1.165, 1.54) is 63.6 Å². The maximum Gasteiger partial charge on any atom is 0.160 e. The third-order valence-corrected chi connectivity index (χ3v) is 12.0. The van der Waals surface area contributed by atoms with Crippen molar-refractivity contribution in [2.24, 2.45) is 0 Å². The molecular weight excluding hydrogens is 685 g/mol. The Hall–Kier alpha value is -6.94. The molecule has 0 unspecified atom stereocenters. The highest BCUT2D eigenvalue weighted by molar-refractivity contribution is 7.25. The zero-order chi connectivity index (χ0) is 36.3. The van der Waals surface area contributed by atoms with Crippen LogP contribution in [0.3, 0.4) is 0 Å². The monoisotopic (exact) mass is 716 g/mol. The number of hydrogen-bond acceptors (Lipinski definition) is 3. The van der Waals surface area contributed by atoms with Crippen molar-refractivity contribution in [3.05, 3.63) is 194 Å². The van der Waals surface area contributed by atoms with Gasteiger partial charge in [-0.1, -0.05) is 146 Å². The van der Waals surface area contributed by atoms with Crippen molar-refractivity contribution >= 4 is 63.8 Å². The summed E-state index contributed by atoms with van der Waals surface area (Å²) in [4.78, 5) is 10.4. The fourth-order valence-electron chi connectivity index (χ4n) is 8.17. The SMILES string of the molecule is c1ccc(-c2cc(-c3cc(-c4ccc5sc6ccccc6c5c4)cc(-c4ccc5c6ccccc6c6ccccc6c5c4)c3)nc(-c3ccccc3)n2)cc1. The predicted octanol–water partition coefficient (Wildman–Crippen LogP) is 14.6. The van der Waals surface area contributed by atoms with E-state index in [9.17, 15) is 0 Å². The molecule has 2 aromatic heterocycles. The Morgan fingerprint density at radius 1 is 0.255 bits per heavy atom. The van der Waals surface area contributed by atoms with Crippen LogP contribution in [0, 0.1) is 0 Å². The largest absolute Gasteiger partial charge is 0.228 e. The van der Waals surface area contributed by atoms with Crippen molar-refractivity contribution in [1.29, 1.82) is 0 Å². The van der Waals surface area contributed by atoms with Crippen LogP contribution in [0.4, 0.5) is 0 Å². The van der Waals surface area contributed by atoms with Gasteiger partial charge in [-0.15, -0.1) is 11.3 Å². The van der Waals surface area contributed by atoms with Gasteiger partial charge in [0.2, 0.25) is 0 Å². The summed E-state index contributed by atoms with van der Waals surface area (Å²) in [5, 5.41) is 10.2. The molecule has 11 aromatic rings. The minimum Gasteiger partial charge on any atom is -0.228 e. The number of nitrogens with zero attached hydrogens (tertiary/aromatic N) is 2. The zero-order valence-electron chi connectivity index (χ0n) is 29.8. The first-order valence-corrected chi connectivity index (χ1v) is 19.5. The Morgan fingerprint density at radius 2 is 0.709 bits per heavy atom. The zero-order valence-corrected chi connectivity index (χ0v) is 30.6. The molecule has 256 valence electrons. The molecule has 0 amide bonds. The highest BCUT2D eigenvalue weighted by Crippen LogP contribution is 2.41. The van der Waals surface area contributed by atoms with E-state index in [0.29, 0.717) is 5.82 Å². The molecule has 0 N–H and O–H groups in total. The highest BCUT2D eigenvalue weighted by Gasteiger charge is 2.16. The molecule has 55 heavy (non-hydrogen) atoms. The summed E-state index contributed by atoms with van der Waals surface area (Å²) in [5.41, 5.74) is 9.50. The molecule has 2 heterocycles. The smallest absolute Gasteiger partial charge is 0.160 e. The van der Waals surface area contributed by atoms with Gasteiger partial charge in [0.15, 0.2) is 5.82 Å². The summed E-state index contributed by atoms with van der Waals surface area (Å²) < 4.78 is 2.61. The lowest BCUT2D eigenvalue weighted by molar-refractivity contribution is 1.18. The molecule has 3 heteroatoms. The quantitative estimate of drug-likeness (QED) is 0.166. The van der Waals surface area contributed by atoms with Crippen LogP contribution >= 0.6 is 11.3 Å². The number of rotatable bonds is 5. The predicted molar refractivity (Wildman–Crippen MR) is 235 cm³/mol. The lowest BCUT2D eigenvalue weighted by Gasteiger charge is -2.15. The van der Waals surface area contributed by atoms with Gasteiger partial charge < -0.3 is 0 Å². The summed E-state index contributed by atoms with van der Waals surface area (Å²) in [6, 6.07) is 69.9. The fourth-order valence-corrected chi connectivity index (χ4v) is 9.26. The molecule has 0 aliphatic rings. The van der Waals surface area contributed by atoms with Crippen molar-refractivity contribution in [3.8, 4) is 56.2 Å². The second kappa shape index (κ2) is 12.9. The first kappa shape index (κ1) is 31.6. The van der Waals surface area contributed by atoms with E-state index in [4.69, 9.17) is 9.97 Å². The van der Waals surface area contributed by atoms with E-state index in [0.717, 1.165) is 39.2 Å². The van der Waals surface area contributed by atoms with Crippen LogP contribution < -0.4 is 0 Å². The molecule has 0 spiro atoms. The average Bonchev–Trinajstić information content (AvgIpc) is 3.65. The molecule has 0 atom stereocenters. The summed E-state index contributed by atoms with van der Waals surface area (Å²) >= 11 is 1.85. The maximum atomic E-state index is 5.27. The van der Waals surface area contributed by atoms with E-state index >= 15 is 0 Å². The van der Waals surface area contributed by atoms with Crippen LogP contribution in [-0.2, 0) is 0 Å². The van der Waals surface area contributed by atoms with Gasteiger partial charge in [0, 0.05) is 36.9 Å².